The van der Waals surface area contributed by atoms with Crippen LogP contribution < -0.4 is 10.6 Å². The Morgan fingerprint density at radius 3 is 2.35 bits per heavy atom. The predicted molar refractivity (Wildman–Crippen MR) is 117 cm³/mol. The van der Waals surface area contributed by atoms with Crippen LogP contribution >= 0.6 is 0 Å². The van der Waals surface area contributed by atoms with Crippen LogP contribution in [0.15, 0.2) is 89.8 Å². The van der Waals surface area contributed by atoms with Gasteiger partial charge in [-0.15, -0.1) is 0 Å². The third-order valence-electron chi connectivity index (χ3n) is 4.78. The van der Waals surface area contributed by atoms with Crippen molar-refractivity contribution >= 4 is 11.8 Å². The number of hydrogen-bond donors (Lipinski definition) is 2. The average Bonchev–Trinajstić information content (AvgIpc) is 3.51. The molecular formula is C24H22N4O3. The van der Waals surface area contributed by atoms with E-state index in [-0.39, 0.29) is 17.6 Å². The summed E-state index contributed by atoms with van der Waals surface area (Å²) in [5.74, 6) is -0.258. The summed E-state index contributed by atoms with van der Waals surface area (Å²) in [4.78, 5) is 24.6. The van der Waals surface area contributed by atoms with E-state index in [1.165, 1.54) is 6.26 Å². The molecule has 0 spiro atoms. The van der Waals surface area contributed by atoms with Crippen LogP contribution in [0.3, 0.4) is 0 Å². The van der Waals surface area contributed by atoms with Crippen LogP contribution in [-0.4, -0.2) is 34.7 Å². The Labute approximate surface area is 179 Å². The van der Waals surface area contributed by atoms with Gasteiger partial charge in [-0.05, 0) is 41.0 Å². The van der Waals surface area contributed by atoms with E-state index < -0.39 is 0 Å². The monoisotopic (exact) mass is 414 g/mol. The van der Waals surface area contributed by atoms with Gasteiger partial charge in [0, 0.05) is 31.0 Å². The lowest BCUT2D eigenvalue weighted by atomic mass is 9.98. The van der Waals surface area contributed by atoms with Gasteiger partial charge in [0.15, 0.2) is 5.76 Å². The fraction of sp³-hybridized carbons (Fsp3) is 0.125. The number of benzene rings is 2. The van der Waals surface area contributed by atoms with Gasteiger partial charge < -0.3 is 15.1 Å². The van der Waals surface area contributed by atoms with E-state index >= 15 is 0 Å². The van der Waals surface area contributed by atoms with Gasteiger partial charge in [-0.25, -0.2) is 0 Å². The standard InChI is InChI=1S/C24H22N4O3/c29-23(25-13-14-26-24(30)22-7-3-16-31-22)21-6-2-1-5-20(21)19-10-8-18(9-11-19)17-28-15-4-12-27-28/h1-12,15-16H,13-14,17H2,(H,25,29)(H,26,30). The first-order chi connectivity index (χ1) is 15.2. The summed E-state index contributed by atoms with van der Waals surface area (Å²) in [6.07, 6.45) is 5.12. The van der Waals surface area contributed by atoms with Gasteiger partial charge >= 0.3 is 0 Å². The van der Waals surface area contributed by atoms with Crippen LogP contribution in [0.1, 0.15) is 26.5 Å². The molecule has 2 aromatic heterocycles. The highest BCUT2D eigenvalue weighted by Gasteiger charge is 2.13. The van der Waals surface area contributed by atoms with E-state index in [0.717, 1.165) is 16.7 Å². The van der Waals surface area contributed by atoms with Crippen molar-refractivity contribution in [3.63, 3.8) is 0 Å². The fourth-order valence-corrected chi connectivity index (χ4v) is 3.25. The first-order valence-corrected chi connectivity index (χ1v) is 9.96. The third-order valence-corrected chi connectivity index (χ3v) is 4.78. The van der Waals surface area contributed by atoms with Gasteiger partial charge in [-0.3, -0.25) is 14.3 Å². The molecule has 0 aliphatic carbocycles. The van der Waals surface area contributed by atoms with Crippen LogP contribution in [0.25, 0.3) is 11.1 Å². The Balaban J connectivity index is 1.37. The van der Waals surface area contributed by atoms with E-state index in [0.29, 0.717) is 25.2 Å². The van der Waals surface area contributed by atoms with E-state index in [2.05, 4.69) is 15.7 Å². The fourth-order valence-electron chi connectivity index (χ4n) is 3.25. The molecule has 0 fully saturated rings. The third kappa shape index (κ3) is 5.08. The first kappa shape index (κ1) is 20.2. The smallest absolute Gasteiger partial charge is 0.287 e. The van der Waals surface area contributed by atoms with Crippen LogP contribution in [0.5, 0.6) is 0 Å². The molecule has 4 aromatic rings. The lowest BCUT2D eigenvalue weighted by Gasteiger charge is -2.11. The number of nitrogens with one attached hydrogen (secondary N) is 2. The second kappa shape index (κ2) is 9.58. The molecule has 156 valence electrons. The minimum absolute atomic E-state index is 0.191. The van der Waals surface area contributed by atoms with Gasteiger partial charge in [0.2, 0.25) is 0 Å². The van der Waals surface area contributed by atoms with E-state index in [1.807, 2.05) is 59.4 Å². The Morgan fingerprint density at radius 1 is 0.871 bits per heavy atom. The molecule has 0 saturated carbocycles. The highest BCUT2D eigenvalue weighted by atomic mass is 16.3. The van der Waals surface area contributed by atoms with E-state index in [1.54, 1.807) is 24.4 Å². The summed E-state index contributed by atoms with van der Waals surface area (Å²) in [5, 5.41) is 9.79. The Kier molecular flexibility index (Phi) is 6.23. The molecule has 0 saturated heterocycles. The quantitative estimate of drug-likeness (QED) is 0.433. The Bertz CT molecular complexity index is 1130. The number of carbonyl (C=O) groups is 2. The summed E-state index contributed by atoms with van der Waals surface area (Å²) in [6.45, 7) is 1.30. The molecule has 0 aliphatic rings. The largest absolute Gasteiger partial charge is 0.459 e. The Hall–Kier alpha value is -4.13. The van der Waals surface area contributed by atoms with Crippen molar-refractivity contribution in [2.45, 2.75) is 6.54 Å². The topological polar surface area (TPSA) is 89.2 Å². The molecule has 31 heavy (non-hydrogen) atoms. The SMILES string of the molecule is O=C(NCCNC(=O)c1ccccc1-c1ccc(Cn2cccn2)cc1)c1ccco1. The van der Waals surface area contributed by atoms with E-state index in [9.17, 15) is 9.59 Å². The number of furan rings is 1. The molecule has 0 atom stereocenters. The van der Waals surface area contributed by atoms with Crippen molar-refractivity contribution < 1.29 is 14.0 Å². The minimum Gasteiger partial charge on any atom is -0.459 e. The van der Waals surface area contributed by atoms with Crippen molar-refractivity contribution in [2.75, 3.05) is 13.1 Å². The van der Waals surface area contributed by atoms with Gasteiger partial charge in [0.25, 0.3) is 11.8 Å². The van der Waals surface area contributed by atoms with Crippen molar-refractivity contribution in [3.8, 4) is 11.1 Å². The summed E-state index contributed by atoms with van der Waals surface area (Å²) in [6, 6.07) is 20.7. The van der Waals surface area contributed by atoms with Crippen molar-refractivity contribution in [3.05, 3.63) is 102 Å². The van der Waals surface area contributed by atoms with E-state index in [4.69, 9.17) is 4.42 Å². The zero-order chi connectivity index (χ0) is 21.5. The van der Waals surface area contributed by atoms with Gasteiger partial charge in [0.05, 0.1) is 12.8 Å². The van der Waals surface area contributed by atoms with Crippen LogP contribution in [0.4, 0.5) is 0 Å². The number of rotatable bonds is 8. The lowest BCUT2D eigenvalue weighted by Crippen LogP contribution is -2.34. The summed E-state index contributed by atoms with van der Waals surface area (Å²) >= 11 is 0. The van der Waals surface area contributed by atoms with Gasteiger partial charge in [0.1, 0.15) is 0 Å². The maximum Gasteiger partial charge on any atom is 0.287 e. The molecule has 4 rings (SSSR count). The normalized spacial score (nSPS) is 10.6. The first-order valence-electron chi connectivity index (χ1n) is 9.96. The molecule has 0 unspecified atom stereocenters. The van der Waals surface area contributed by atoms with Crippen LogP contribution in [0.2, 0.25) is 0 Å². The summed E-state index contributed by atoms with van der Waals surface area (Å²) in [7, 11) is 0. The molecular weight excluding hydrogens is 392 g/mol. The number of hydrogen-bond acceptors (Lipinski definition) is 4. The molecule has 7 heteroatoms. The van der Waals surface area contributed by atoms with Gasteiger partial charge in [-0.2, -0.15) is 5.10 Å². The molecule has 0 radical (unpaired) electrons. The number of nitrogens with zero attached hydrogens (tertiary/aromatic N) is 2. The molecule has 2 aromatic carbocycles. The average molecular weight is 414 g/mol. The zero-order valence-electron chi connectivity index (χ0n) is 16.8. The van der Waals surface area contributed by atoms with Crippen LogP contribution in [-0.2, 0) is 6.54 Å². The highest BCUT2D eigenvalue weighted by molar-refractivity contribution is 6.01. The maximum absolute atomic E-state index is 12.7. The predicted octanol–water partition coefficient (Wildman–Crippen LogP) is 3.35. The molecule has 2 heterocycles. The minimum atomic E-state index is -0.310. The second-order valence-electron chi connectivity index (χ2n) is 6.94. The molecule has 2 N–H and O–H groups in total. The molecule has 0 bridgehead atoms. The molecule has 0 aliphatic heterocycles. The summed E-state index contributed by atoms with van der Waals surface area (Å²) < 4.78 is 6.90. The maximum atomic E-state index is 12.7. The lowest BCUT2D eigenvalue weighted by molar-refractivity contribution is 0.0911. The highest BCUT2D eigenvalue weighted by Crippen LogP contribution is 2.24. The number of carbonyl (C=O) groups excluding carboxylic acids is 2. The van der Waals surface area contributed by atoms with Crippen molar-refractivity contribution in [2.24, 2.45) is 0 Å². The zero-order valence-corrected chi connectivity index (χ0v) is 16.8. The summed E-state index contributed by atoms with van der Waals surface area (Å²) in [5.41, 5.74) is 3.52. The van der Waals surface area contributed by atoms with Crippen LogP contribution in [0, 0.1) is 0 Å². The van der Waals surface area contributed by atoms with Crippen molar-refractivity contribution in [1.82, 2.24) is 20.4 Å². The number of aromatic nitrogens is 2. The number of amides is 2. The molecule has 2 amide bonds. The Morgan fingerprint density at radius 2 is 1.65 bits per heavy atom. The molecule has 7 nitrogen and oxygen atoms in total. The van der Waals surface area contributed by atoms with Gasteiger partial charge in [-0.1, -0.05) is 42.5 Å². The van der Waals surface area contributed by atoms with Crippen molar-refractivity contribution in [1.29, 1.82) is 0 Å². The second-order valence-corrected chi connectivity index (χ2v) is 6.94.